The molecule has 3 amide bonds. The van der Waals surface area contributed by atoms with Crippen molar-refractivity contribution in [2.75, 3.05) is 45.1 Å². The molecule has 1 aromatic rings. The SMILES string of the molecule is CNC(=O)CN1CCN(C(=O)Nc2ccc(C3CC3)nn2)CC1. The van der Waals surface area contributed by atoms with Gasteiger partial charge in [-0.2, -0.15) is 5.10 Å². The van der Waals surface area contributed by atoms with E-state index in [1.807, 2.05) is 11.0 Å². The molecule has 1 saturated carbocycles. The molecule has 1 aromatic heterocycles. The summed E-state index contributed by atoms with van der Waals surface area (Å²) in [6, 6.07) is 3.57. The molecule has 124 valence electrons. The van der Waals surface area contributed by atoms with E-state index in [2.05, 4.69) is 20.8 Å². The first-order valence-corrected chi connectivity index (χ1v) is 7.98. The largest absolute Gasteiger partial charge is 0.358 e. The Morgan fingerprint density at radius 3 is 2.48 bits per heavy atom. The lowest BCUT2D eigenvalue weighted by atomic mass is 10.3. The normalized spacial score (nSPS) is 18.6. The molecule has 0 spiro atoms. The fourth-order valence-corrected chi connectivity index (χ4v) is 2.59. The maximum atomic E-state index is 12.2. The molecule has 0 unspecified atom stereocenters. The van der Waals surface area contributed by atoms with E-state index in [9.17, 15) is 9.59 Å². The van der Waals surface area contributed by atoms with E-state index in [1.165, 1.54) is 12.8 Å². The number of rotatable bonds is 4. The number of nitrogens with zero attached hydrogens (tertiary/aromatic N) is 4. The minimum absolute atomic E-state index is 0.00562. The number of urea groups is 1. The Hall–Kier alpha value is -2.22. The van der Waals surface area contributed by atoms with E-state index in [0.717, 1.165) is 5.69 Å². The van der Waals surface area contributed by atoms with Crippen LogP contribution in [0.4, 0.5) is 10.6 Å². The monoisotopic (exact) mass is 318 g/mol. The highest BCUT2D eigenvalue weighted by molar-refractivity contribution is 5.88. The second-order valence-electron chi connectivity index (χ2n) is 5.98. The quantitative estimate of drug-likeness (QED) is 0.830. The summed E-state index contributed by atoms with van der Waals surface area (Å²) in [6.07, 6.45) is 2.36. The lowest BCUT2D eigenvalue weighted by molar-refractivity contribution is -0.122. The first kappa shape index (κ1) is 15.7. The minimum Gasteiger partial charge on any atom is -0.358 e. The number of anilines is 1. The smallest absolute Gasteiger partial charge is 0.323 e. The molecule has 23 heavy (non-hydrogen) atoms. The van der Waals surface area contributed by atoms with Gasteiger partial charge in [-0.05, 0) is 25.0 Å². The third-order valence-electron chi connectivity index (χ3n) is 4.22. The number of carbonyl (C=O) groups excluding carboxylic acids is 2. The summed E-state index contributed by atoms with van der Waals surface area (Å²) in [5, 5.41) is 13.6. The van der Waals surface area contributed by atoms with Gasteiger partial charge in [-0.15, -0.1) is 5.10 Å². The van der Waals surface area contributed by atoms with Crippen LogP contribution < -0.4 is 10.6 Å². The van der Waals surface area contributed by atoms with Crippen LogP contribution in [0.2, 0.25) is 0 Å². The van der Waals surface area contributed by atoms with Gasteiger partial charge in [0.25, 0.3) is 0 Å². The molecule has 2 N–H and O–H groups in total. The number of amides is 3. The van der Waals surface area contributed by atoms with Crippen LogP contribution in [-0.4, -0.2) is 71.7 Å². The highest BCUT2D eigenvalue weighted by Crippen LogP contribution is 2.38. The summed E-state index contributed by atoms with van der Waals surface area (Å²) < 4.78 is 0. The fourth-order valence-electron chi connectivity index (χ4n) is 2.59. The molecule has 8 heteroatoms. The Morgan fingerprint density at radius 1 is 1.17 bits per heavy atom. The van der Waals surface area contributed by atoms with Crippen molar-refractivity contribution >= 4 is 17.8 Å². The number of piperazine rings is 1. The van der Waals surface area contributed by atoms with Crippen molar-refractivity contribution in [1.29, 1.82) is 0 Å². The number of aromatic nitrogens is 2. The molecule has 1 aliphatic heterocycles. The molecule has 2 heterocycles. The van der Waals surface area contributed by atoms with Gasteiger partial charge < -0.3 is 10.2 Å². The van der Waals surface area contributed by atoms with Crippen LogP contribution >= 0.6 is 0 Å². The second-order valence-corrected chi connectivity index (χ2v) is 5.98. The predicted molar refractivity (Wildman–Crippen MR) is 85.1 cm³/mol. The van der Waals surface area contributed by atoms with Crippen molar-refractivity contribution in [3.8, 4) is 0 Å². The number of hydrogen-bond acceptors (Lipinski definition) is 5. The topological polar surface area (TPSA) is 90.5 Å². The average Bonchev–Trinajstić information content (AvgIpc) is 3.41. The molecule has 2 aliphatic rings. The maximum Gasteiger partial charge on any atom is 0.323 e. The van der Waals surface area contributed by atoms with Crippen molar-refractivity contribution in [3.63, 3.8) is 0 Å². The summed E-state index contributed by atoms with van der Waals surface area (Å²) in [7, 11) is 1.63. The summed E-state index contributed by atoms with van der Waals surface area (Å²) in [5.41, 5.74) is 1.01. The summed E-state index contributed by atoms with van der Waals surface area (Å²) in [4.78, 5) is 27.4. The van der Waals surface area contributed by atoms with E-state index in [-0.39, 0.29) is 11.9 Å². The van der Waals surface area contributed by atoms with Crippen molar-refractivity contribution in [1.82, 2.24) is 25.3 Å². The zero-order chi connectivity index (χ0) is 16.2. The Labute approximate surface area is 135 Å². The number of likely N-dealkylation sites (N-methyl/N-ethyl adjacent to an activating group) is 1. The highest BCUT2D eigenvalue weighted by Gasteiger charge is 2.26. The van der Waals surface area contributed by atoms with Gasteiger partial charge in [-0.1, -0.05) is 0 Å². The van der Waals surface area contributed by atoms with E-state index < -0.39 is 0 Å². The lowest BCUT2D eigenvalue weighted by Crippen LogP contribution is -2.51. The zero-order valence-corrected chi connectivity index (χ0v) is 13.3. The molecule has 0 atom stereocenters. The number of carbonyl (C=O) groups is 2. The van der Waals surface area contributed by atoms with Crippen molar-refractivity contribution in [2.24, 2.45) is 0 Å². The molecule has 0 radical (unpaired) electrons. The second kappa shape index (κ2) is 6.91. The Balaban J connectivity index is 1.46. The molecule has 3 rings (SSSR count). The van der Waals surface area contributed by atoms with E-state index in [4.69, 9.17) is 0 Å². The average molecular weight is 318 g/mol. The van der Waals surface area contributed by atoms with Gasteiger partial charge in [0.05, 0.1) is 12.2 Å². The molecule has 0 aromatic carbocycles. The van der Waals surface area contributed by atoms with Gasteiger partial charge in [0.15, 0.2) is 5.82 Å². The van der Waals surface area contributed by atoms with Crippen molar-refractivity contribution < 1.29 is 9.59 Å². The Bertz CT molecular complexity index is 564. The minimum atomic E-state index is -0.168. The van der Waals surface area contributed by atoms with Crippen molar-refractivity contribution in [3.05, 3.63) is 17.8 Å². The molecular weight excluding hydrogens is 296 g/mol. The van der Waals surface area contributed by atoms with Gasteiger partial charge in [0.2, 0.25) is 5.91 Å². The molecule has 8 nitrogen and oxygen atoms in total. The Kier molecular flexibility index (Phi) is 4.71. The first-order valence-electron chi connectivity index (χ1n) is 7.98. The first-order chi connectivity index (χ1) is 11.2. The number of hydrogen-bond donors (Lipinski definition) is 2. The highest BCUT2D eigenvalue weighted by atomic mass is 16.2. The summed E-state index contributed by atoms with van der Waals surface area (Å²) in [6.45, 7) is 2.94. The molecule has 0 bridgehead atoms. The molecule has 2 fully saturated rings. The number of nitrogens with one attached hydrogen (secondary N) is 2. The van der Waals surface area contributed by atoms with Gasteiger partial charge in [0.1, 0.15) is 0 Å². The van der Waals surface area contributed by atoms with Crippen LogP contribution in [0.25, 0.3) is 0 Å². The van der Waals surface area contributed by atoms with Gasteiger partial charge in [0, 0.05) is 39.1 Å². The summed E-state index contributed by atoms with van der Waals surface area (Å²) in [5.74, 6) is 1.03. The van der Waals surface area contributed by atoms with E-state index >= 15 is 0 Å². The summed E-state index contributed by atoms with van der Waals surface area (Å²) >= 11 is 0. The Morgan fingerprint density at radius 2 is 1.91 bits per heavy atom. The van der Waals surface area contributed by atoms with E-state index in [1.54, 1.807) is 18.0 Å². The molecule has 1 aliphatic carbocycles. The van der Waals surface area contributed by atoms with Crippen LogP contribution in [0.1, 0.15) is 24.5 Å². The van der Waals surface area contributed by atoms with Crippen LogP contribution in [-0.2, 0) is 4.79 Å². The lowest BCUT2D eigenvalue weighted by Gasteiger charge is -2.34. The third kappa shape index (κ3) is 4.16. The molecular formula is C15H22N6O2. The van der Waals surface area contributed by atoms with Crippen LogP contribution in [0, 0.1) is 0 Å². The van der Waals surface area contributed by atoms with Gasteiger partial charge in [-0.3, -0.25) is 15.0 Å². The maximum absolute atomic E-state index is 12.2. The van der Waals surface area contributed by atoms with E-state index in [0.29, 0.717) is 44.5 Å². The van der Waals surface area contributed by atoms with Gasteiger partial charge >= 0.3 is 6.03 Å². The van der Waals surface area contributed by atoms with Crippen LogP contribution in [0.15, 0.2) is 12.1 Å². The zero-order valence-electron chi connectivity index (χ0n) is 13.3. The van der Waals surface area contributed by atoms with Crippen LogP contribution in [0.5, 0.6) is 0 Å². The standard InChI is InChI=1S/C15H22N6O2/c1-16-14(22)10-20-6-8-21(9-7-20)15(23)17-13-5-4-12(18-19-13)11-2-3-11/h4-5,11H,2-3,6-10H2,1H3,(H,16,22)(H,17,19,23). The predicted octanol–water partition coefficient (Wildman–Crippen LogP) is 0.250. The van der Waals surface area contributed by atoms with Crippen molar-refractivity contribution in [2.45, 2.75) is 18.8 Å². The fraction of sp³-hybridized carbons (Fsp3) is 0.600. The third-order valence-corrected chi connectivity index (χ3v) is 4.22. The molecule has 1 saturated heterocycles. The van der Waals surface area contributed by atoms with Gasteiger partial charge in [-0.25, -0.2) is 4.79 Å². The van der Waals surface area contributed by atoms with Crippen LogP contribution in [0.3, 0.4) is 0 Å².